The Hall–Kier alpha value is -2.17. The first-order valence-corrected chi connectivity index (χ1v) is 4.39. The molecule has 15 heavy (non-hydrogen) atoms. The topological polar surface area (TPSA) is 78.9 Å². The molecule has 0 atom stereocenters. The molecule has 0 bridgehead atoms. The Morgan fingerprint density at radius 3 is 3.13 bits per heavy atom. The van der Waals surface area contributed by atoms with Gasteiger partial charge in [0.15, 0.2) is 5.65 Å². The van der Waals surface area contributed by atoms with Gasteiger partial charge in [-0.15, -0.1) is 0 Å². The number of nitrogens with zero attached hydrogens (tertiary/aromatic N) is 2. The molecule has 0 aliphatic rings. The molecule has 0 spiro atoms. The van der Waals surface area contributed by atoms with Gasteiger partial charge in [0.1, 0.15) is 11.2 Å². The number of nitrogens with one attached hydrogen (secondary N) is 1. The Labute approximate surface area is 85.1 Å². The van der Waals surface area contributed by atoms with Crippen LogP contribution >= 0.6 is 0 Å². The molecule has 0 fully saturated rings. The van der Waals surface area contributed by atoms with Gasteiger partial charge >= 0.3 is 0 Å². The molecule has 5 heteroatoms. The molecule has 2 aromatic rings. The van der Waals surface area contributed by atoms with Crippen molar-refractivity contribution in [3.8, 4) is 0 Å². The molecule has 0 saturated heterocycles. The molecule has 5 nitrogen and oxygen atoms in total. The Morgan fingerprint density at radius 1 is 1.60 bits per heavy atom. The monoisotopic (exact) mass is 203 g/mol. The van der Waals surface area contributed by atoms with Gasteiger partial charge in [-0.3, -0.25) is 4.79 Å². The van der Waals surface area contributed by atoms with Gasteiger partial charge in [0.25, 0.3) is 5.56 Å². The molecular formula is C10H9N3O2. The third kappa shape index (κ3) is 1.85. The Kier molecular flexibility index (Phi) is 2.21. The number of aromatic amines is 1. The third-order valence-corrected chi connectivity index (χ3v) is 1.84. The molecule has 0 saturated carbocycles. The summed E-state index contributed by atoms with van der Waals surface area (Å²) in [6.07, 6.45) is 2.89. The standard InChI is InChI=1S/C10H9N3O2/c1-6(14)5-8-10(15)13-9-7(12-8)3-2-4-11-9/h2-5,14H,1H3,(H,11,13,15). The van der Waals surface area contributed by atoms with Crippen molar-refractivity contribution >= 4 is 17.2 Å². The van der Waals surface area contributed by atoms with Crippen molar-refractivity contribution in [2.45, 2.75) is 6.92 Å². The maximum atomic E-state index is 11.5. The molecule has 0 aromatic carbocycles. The maximum Gasteiger partial charge on any atom is 0.275 e. The Balaban J connectivity index is 2.73. The van der Waals surface area contributed by atoms with Gasteiger partial charge in [0.05, 0.1) is 5.76 Å². The zero-order valence-corrected chi connectivity index (χ0v) is 8.06. The van der Waals surface area contributed by atoms with E-state index >= 15 is 0 Å². The van der Waals surface area contributed by atoms with Crippen LogP contribution in [0.4, 0.5) is 0 Å². The molecule has 2 aromatic heterocycles. The number of allylic oxidation sites excluding steroid dienone is 1. The largest absolute Gasteiger partial charge is 0.513 e. The van der Waals surface area contributed by atoms with Crippen LogP contribution < -0.4 is 5.56 Å². The Bertz CT molecular complexity index is 582. The lowest BCUT2D eigenvalue weighted by Gasteiger charge is -1.97. The summed E-state index contributed by atoms with van der Waals surface area (Å²) in [4.78, 5) is 22.1. The lowest BCUT2D eigenvalue weighted by molar-refractivity contribution is 0.419. The molecule has 0 unspecified atom stereocenters. The summed E-state index contributed by atoms with van der Waals surface area (Å²) in [5.74, 6) is 0.0382. The van der Waals surface area contributed by atoms with Crippen molar-refractivity contribution in [3.63, 3.8) is 0 Å². The van der Waals surface area contributed by atoms with Crippen molar-refractivity contribution in [3.05, 3.63) is 40.1 Å². The molecular weight excluding hydrogens is 194 g/mol. The summed E-state index contributed by atoms with van der Waals surface area (Å²) < 4.78 is 0. The number of hydrogen-bond donors (Lipinski definition) is 2. The van der Waals surface area contributed by atoms with Crippen LogP contribution in [-0.2, 0) is 0 Å². The number of aliphatic hydroxyl groups excluding tert-OH is 1. The quantitative estimate of drug-likeness (QED) is 0.683. The summed E-state index contributed by atoms with van der Waals surface area (Å²) in [5, 5.41) is 9.06. The van der Waals surface area contributed by atoms with E-state index in [1.807, 2.05) is 0 Å². The highest BCUT2D eigenvalue weighted by atomic mass is 16.3. The number of aromatic nitrogens is 3. The molecule has 2 N–H and O–H groups in total. The number of pyridine rings is 1. The highest BCUT2D eigenvalue weighted by molar-refractivity contribution is 5.70. The summed E-state index contributed by atoms with van der Waals surface area (Å²) in [5.41, 5.74) is 0.838. The molecule has 76 valence electrons. The van der Waals surface area contributed by atoms with E-state index in [2.05, 4.69) is 15.0 Å². The minimum absolute atomic E-state index is 0.0382. The number of rotatable bonds is 1. The molecule has 0 aliphatic carbocycles. The average molecular weight is 203 g/mol. The molecule has 0 radical (unpaired) electrons. The first-order chi connectivity index (χ1) is 7.16. The SMILES string of the molecule is CC(O)=Cc1nc2cccnc2[nH]c1=O. The van der Waals surface area contributed by atoms with Crippen LogP contribution in [0, 0.1) is 0 Å². The summed E-state index contributed by atoms with van der Waals surface area (Å²) in [6, 6.07) is 3.47. The van der Waals surface area contributed by atoms with E-state index in [1.165, 1.54) is 13.0 Å². The zero-order valence-electron chi connectivity index (χ0n) is 8.06. The van der Waals surface area contributed by atoms with Crippen LogP contribution in [0.5, 0.6) is 0 Å². The van der Waals surface area contributed by atoms with E-state index in [4.69, 9.17) is 5.11 Å². The minimum Gasteiger partial charge on any atom is -0.513 e. The third-order valence-electron chi connectivity index (χ3n) is 1.84. The normalized spacial score (nSPS) is 11.9. The number of hydrogen-bond acceptors (Lipinski definition) is 4. The van der Waals surface area contributed by atoms with Crippen LogP contribution in [0.2, 0.25) is 0 Å². The molecule has 0 aliphatic heterocycles. The predicted octanol–water partition coefficient (Wildman–Crippen LogP) is 1.24. The smallest absolute Gasteiger partial charge is 0.275 e. The second kappa shape index (κ2) is 3.53. The van der Waals surface area contributed by atoms with Crippen molar-refractivity contribution in [1.82, 2.24) is 15.0 Å². The Morgan fingerprint density at radius 2 is 2.40 bits per heavy atom. The first kappa shape index (κ1) is 9.39. The van der Waals surface area contributed by atoms with E-state index < -0.39 is 0 Å². The predicted molar refractivity (Wildman–Crippen MR) is 56.4 cm³/mol. The minimum atomic E-state index is -0.366. The van der Waals surface area contributed by atoms with Gasteiger partial charge in [0.2, 0.25) is 0 Å². The second-order valence-corrected chi connectivity index (χ2v) is 3.11. The summed E-state index contributed by atoms with van der Waals surface area (Å²) in [7, 11) is 0. The lowest BCUT2D eigenvalue weighted by Crippen LogP contribution is -2.12. The van der Waals surface area contributed by atoms with E-state index in [0.717, 1.165) is 0 Å². The van der Waals surface area contributed by atoms with E-state index in [-0.39, 0.29) is 17.0 Å². The van der Waals surface area contributed by atoms with Crippen molar-refractivity contribution in [2.24, 2.45) is 0 Å². The van der Waals surface area contributed by atoms with Crippen LogP contribution in [0.1, 0.15) is 12.6 Å². The highest BCUT2D eigenvalue weighted by Crippen LogP contribution is 2.04. The number of fused-ring (bicyclic) bond motifs is 1. The van der Waals surface area contributed by atoms with Crippen LogP contribution in [0.15, 0.2) is 28.9 Å². The van der Waals surface area contributed by atoms with E-state index in [1.54, 1.807) is 18.3 Å². The zero-order chi connectivity index (χ0) is 10.8. The van der Waals surface area contributed by atoms with Crippen molar-refractivity contribution < 1.29 is 5.11 Å². The fourth-order valence-corrected chi connectivity index (χ4v) is 1.23. The first-order valence-electron chi connectivity index (χ1n) is 4.39. The lowest BCUT2D eigenvalue weighted by atomic mass is 10.3. The van der Waals surface area contributed by atoms with Crippen LogP contribution in [0.25, 0.3) is 17.2 Å². The summed E-state index contributed by atoms with van der Waals surface area (Å²) in [6.45, 7) is 1.48. The van der Waals surface area contributed by atoms with Gasteiger partial charge in [-0.25, -0.2) is 9.97 Å². The summed E-state index contributed by atoms with van der Waals surface area (Å²) >= 11 is 0. The van der Waals surface area contributed by atoms with Gasteiger partial charge in [-0.1, -0.05) is 0 Å². The van der Waals surface area contributed by atoms with Crippen LogP contribution in [0.3, 0.4) is 0 Å². The van der Waals surface area contributed by atoms with Crippen molar-refractivity contribution in [2.75, 3.05) is 0 Å². The van der Waals surface area contributed by atoms with Gasteiger partial charge in [-0.05, 0) is 19.1 Å². The second-order valence-electron chi connectivity index (χ2n) is 3.11. The molecule has 0 amide bonds. The van der Waals surface area contributed by atoms with Gasteiger partial charge < -0.3 is 10.1 Å². The fraction of sp³-hybridized carbons (Fsp3) is 0.100. The fourth-order valence-electron chi connectivity index (χ4n) is 1.23. The molecule has 2 heterocycles. The maximum absolute atomic E-state index is 11.5. The highest BCUT2D eigenvalue weighted by Gasteiger charge is 2.02. The van der Waals surface area contributed by atoms with Crippen molar-refractivity contribution in [1.29, 1.82) is 0 Å². The van der Waals surface area contributed by atoms with E-state index in [9.17, 15) is 4.79 Å². The molecule has 2 rings (SSSR count). The van der Waals surface area contributed by atoms with Gasteiger partial charge in [-0.2, -0.15) is 0 Å². The number of aliphatic hydroxyl groups is 1. The average Bonchev–Trinajstić information content (AvgIpc) is 2.18. The number of H-pyrrole nitrogens is 1. The van der Waals surface area contributed by atoms with Crippen LogP contribution in [-0.4, -0.2) is 20.1 Å². The van der Waals surface area contributed by atoms with Gasteiger partial charge in [0, 0.05) is 12.3 Å². The van der Waals surface area contributed by atoms with E-state index in [0.29, 0.717) is 11.2 Å².